The fourth-order valence-corrected chi connectivity index (χ4v) is 1.20. The lowest BCUT2D eigenvalue weighted by Gasteiger charge is -2.14. The summed E-state index contributed by atoms with van der Waals surface area (Å²) in [6.07, 6.45) is 2.44. The van der Waals surface area contributed by atoms with Gasteiger partial charge in [0.15, 0.2) is 0 Å². The lowest BCUT2D eigenvalue weighted by atomic mass is 10.1. The Balaban J connectivity index is 3.54. The van der Waals surface area contributed by atoms with Gasteiger partial charge in [0.05, 0.1) is 6.10 Å². The first kappa shape index (κ1) is 11.5. The highest BCUT2D eigenvalue weighted by atomic mass is 16.5. The van der Waals surface area contributed by atoms with Gasteiger partial charge in [0, 0.05) is 6.42 Å². The summed E-state index contributed by atoms with van der Waals surface area (Å²) in [4.78, 5) is 11.0. The quantitative estimate of drug-likeness (QED) is 0.596. The predicted molar refractivity (Wildman–Crippen MR) is 49.9 cm³/mol. The maximum absolute atomic E-state index is 11.0. The van der Waals surface area contributed by atoms with Gasteiger partial charge in [-0.15, -0.1) is 0 Å². The van der Waals surface area contributed by atoms with Gasteiger partial charge < -0.3 is 4.74 Å². The molecule has 0 bridgehead atoms. The molecule has 0 rings (SSSR count). The van der Waals surface area contributed by atoms with E-state index in [4.69, 9.17) is 4.74 Å². The number of hydrogen-bond donors (Lipinski definition) is 0. The van der Waals surface area contributed by atoms with Gasteiger partial charge in [0.1, 0.15) is 0 Å². The summed E-state index contributed by atoms with van der Waals surface area (Å²) in [5.41, 5.74) is 0. The average Bonchev–Trinajstić information content (AvgIpc) is 1.84. The van der Waals surface area contributed by atoms with Crippen molar-refractivity contribution in [2.75, 3.05) is 0 Å². The zero-order chi connectivity index (χ0) is 9.56. The minimum Gasteiger partial charge on any atom is -0.463 e. The third kappa shape index (κ3) is 6.20. The van der Waals surface area contributed by atoms with Crippen molar-refractivity contribution in [3.05, 3.63) is 0 Å². The second-order valence-electron chi connectivity index (χ2n) is 3.68. The van der Waals surface area contributed by atoms with E-state index in [9.17, 15) is 4.79 Å². The first-order chi connectivity index (χ1) is 5.56. The summed E-state index contributed by atoms with van der Waals surface area (Å²) in [6.45, 7) is 8.19. The Morgan fingerprint density at radius 2 is 1.92 bits per heavy atom. The largest absolute Gasteiger partial charge is 0.463 e. The summed E-state index contributed by atoms with van der Waals surface area (Å²) in [7, 11) is 0. The molecule has 0 spiro atoms. The third-order valence-corrected chi connectivity index (χ3v) is 1.59. The number of hydrogen-bond acceptors (Lipinski definition) is 2. The Morgan fingerprint density at radius 3 is 2.33 bits per heavy atom. The average molecular weight is 172 g/mol. The van der Waals surface area contributed by atoms with E-state index in [-0.39, 0.29) is 12.1 Å². The van der Waals surface area contributed by atoms with Crippen molar-refractivity contribution in [2.45, 2.75) is 53.1 Å². The molecule has 0 saturated heterocycles. The standard InChI is InChI=1S/C10H20O2/c1-5-6-10(11)12-9(4)7-8(2)3/h8-9H,5-7H2,1-4H3. The van der Waals surface area contributed by atoms with E-state index in [2.05, 4.69) is 13.8 Å². The fourth-order valence-electron chi connectivity index (χ4n) is 1.20. The van der Waals surface area contributed by atoms with Crippen molar-refractivity contribution in [3.8, 4) is 0 Å². The minimum absolute atomic E-state index is 0.0642. The first-order valence-electron chi connectivity index (χ1n) is 4.75. The summed E-state index contributed by atoms with van der Waals surface area (Å²) < 4.78 is 5.16. The van der Waals surface area contributed by atoms with E-state index in [0.29, 0.717) is 12.3 Å². The van der Waals surface area contributed by atoms with Crippen molar-refractivity contribution in [3.63, 3.8) is 0 Å². The fraction of sp³-hybridized carbons (Fsp3) is 0.900. The van der Waals surface area contributed by atoms with Crippen LogP contribution in [-0.2, 0) is 9.53 Å². The molecule has 72 valence electrons. The molecule has 1 atom stereocenters. The van der Waals surface area contributed by atoms with Gasteiger partial charge >= 0.3 is 5.97 Å². The zero-order valence-electron chi connectivity index (χ0n) is 8.59. The zero-order valence-corrected chi connectivity index (χ0v) is 8.59. The molecule has 0 fully saturated rings. The van der Waals surface area contributed by atoms with Crippen LogP contribution >= 0.6 is 0 Å². The molecule has 0 saturated carbocycles. The Morgan fingerprint density at radius 1 is 1.33 bits per heavy atom. The molecule has 2 heteroatoms. The van der Waals surface area contributed by atoms with Gasteiger partial charge in [-0.2, -0.15) is 0 Å². The van der Waals surface area contributed by atoms with Crippen LogP contribution in [0.3, 0.4) is 0 Å². The molecule has 0 amide bonds. The van der Waals surface area contributed by atoms with E-state index >= 15 is 0 Å². The van der Waals surface area contributed by atoms with Crippen molar-refractivity contribution in [1.82, 2.24) is 0 Å². The second-order valence-corrected chi connectivity index (χ2v) is 3.68. The van der Waals surface area contributed by atoms with E-state index in [1.165, 1.54) is 0 Å². The summed E-state index contributed by atoms with van der Waals surface area (Å²) in [5, 5.41) is 0. The van der Waals surface area contributed by atoms with Crippen LogP contribution in [0, 0.1) is 5.92 Å². The monoisotopic (exact) mass is 172 g/mol. The SMILES string of the molecule is CCCC(=O)OC(C)CC(C)C. The van der Waals surface area contributed by atoms with Gasteiger partial charge in [-0.05, 0) is 25.7 Å². The van der Waals surface area contributed by atoms with Crippen LogP contribution in [0.25, 0.3) is 0 Å². The number of carbonyl (C=O) groups is 1. The molecule has 12 heavy (non-hydrogen) atoms. The van der Waals surface area contributed by atoms with E-state index in [0.717, 1.165) is 12.8 Å². The van der Waals surface area contributed by atoms with Crippen LogP contribution in [0.15, 0.2) is 0 Å². The molecule has 0 aliphatic heterocycles. The molecule has 0 aliphatic rings. The van der Waals surface area contributed by atoms with Gasteiger partial charge in [-0.1, -0.05) is 20.8 Å². The van der Waals surface area contributed by atoms with Crippen molar-refractivity contribution >= 4 is 5.97 Å². The maximum Gasteiger partial charge on any atom is 0.306 e. The Kier molecular flexibility index (Phi) is 5.77. The summed E-state index contributed by atoms with van der Waals surface area (Å²) in [6, 6.07) is 0. The molecule has 0 N–H and O–H groups in total. The highest BCUT2D eigenvalue weighted by Crippen LogP contribution is 2.08. The topological polar surface area (TPSA) is 26.3 Å². The van der Waals surface area contributed by atoms with Gasteiger partial charge in [0.2, 0.25) is 0 Å². The van der Waals surface area contributed by atoms with E-state index < -0.39 is 0 Å². The molecule has 1 unspecified atom stereocenters. The van der Waals surface area contributed by atoms with Crippen LogP contribution in [0.5, 0.6) is 0 Å². The lowest BCUT2D eigenvalue weighted by molar-refractivity contribution is -0.148. The summed E-state index contributed by atoms with van der Waals surface area (Å²) in [5.74, 6) is 0.528. The second kappa shape index (κ2) is 6.04. The minimum atomic E-state index is -0.0642. The Labute approximate surface area is 75.3 Å². The molecule has 2 nitrogen and oxygen atoms in total. The molecule has 0 aromatic carbocycles. The number of rotatable bonds is 5. The van der Waals surface area contributed by atoms with Crippen molar-refractivity contribution in [2.24, 2.45) is 5.92 Å². The number of ether oxygens (including phenoxy) is 1. The molecular weight excluding hydrogens is 152 g/mol. The van der Waals surface area contributed by atoms with Crippen LogP contribution in [0.2, 0.25) is 0 Å². The van der Waals surface area contributed by atoms with E-state index in [1.807, 2.05) is 13.8 Å². The van der Waals surface area contributed by atoms with Gasteiger partial charge in [-0.3, -0.25) is 4.79 Å². The van der Waals surface area contributed by atoms with Crippen LogP contribution < -0.4 is 0 Å². The Bertz CT molecular complexity index is 130. The summed E-state index contributed by atoms with van der Waals surface area (Å²) >= 11 is 0. The van der Waals surface area contributed by atoms with Gasteiger partial charge in [-0.25, -0.2) is 0 Å². The normalized spacial score (nSPS) is 13.1. The first-order valence-corrected chi connectivity index (χ1v) is 4.75. The Hall–Kier alpha value is -0.530. The molecule has 0 aliphatic carbocycles. The predicted octanol–water partition coefficient (Wildman–Crippen LogP) is 2.76. The molecular formula is C10H20O2. The highest BCUT2D eigenvalue weighted by molar-refractivity contribution is 5.69. The molecule has 0 radical (unpaired) electrons. The van der Waals surface area contributed by atoms with Crippen LogP contribution in [-0.4, -0.2) is 12.1 Å². The van der Waals surface area contributed by atoms with E-state index in [1.54, 1.807) is 0 Å². The van der Waals surface area contributed by atoms with Crippen molar-refractivity contribution in [1.29, 1.82) is 0 Å². The lowest BCUT2D eigenvalue weighted by Crippen LogP contribution is -2.16. The van der Waals surface area contributed by atoms with Gasteiger partial charge in [0.25, 0.3) is 0 Å². The number of carbonyl (C=O) groups excluding carboxylic acids is 1. The third-order valence-electron chi connectivity index (χ3n) is 1.59. The molecule has 0 aromatic heterocycles. The number of esters is 1. The van der Waals surface area contributed by atoms with Crippen LogP contribution in [0.4, 0.5) is 0 Å². The molecule has 0 aromatic rings. The molecule has 0 heterocycles. The smallest absolute Gasteiger partial charge is 0.306 e. The highest BCUT2D eigenvalue weighted by Gasteiger charge is 2.09. The van der Waals surface area contributed by atoms with Crippen LogP contribution in [0.1, 0.15) is 47.0 Å². The maximum atomic E-state index is 11.0. The van der Waals surface area contributed by atoms with Crippen molar-refractivity contribution < 1.29 is 9.53 Å².